The maximum Gasteiger partial charge on any atom is 0.220 e. The van der Waals surface area contributed by atoms with E-state index >= 15 is 0 Å². The van der Waals surface area contributed by atoms with Crippen molar-refractivity contribution < 1.29 is 4.79 Å². The van der Waals surface area contributed by atoms with E-state index in [1.807, 2.05) is 0 Å². The summed E-state index contributed by atoms with van der Waals surface area (Å²) in [6, 6.07) is 0. The second-order valence-electron chi connectivity index (χ2n) is 4.35. The van der Waals surface area contributed by atoms with Gasteiger partial charge in [-0.2, -0.15) is 0 Å². The first-order chi connectivity index (χ1) is 7.83. The van der Waals surface area contributed by atoms with E-state index in [9.17, 15) is 4.79 Å². The van der Waals surface area contributed by atoms with Gasteiger partial charge in [0.15, 0.2) is 0 Å². The molecule has 0 aromatic heterocycles. The highest BCUT2D eigenvalue weighted by atomic mass is 16.1. The van der Waals surface area contributed by atoms with Gasteiger partial charge in [0.25, 0.3) is 0 Å². The number of hydrogen-bond acceptors (Lipinski definition) is 2. The van der Waals surface area contributed by atoms with Crippen molar-refractivity contribution in [3.8, 4) is 0 Å². The number of nitrogens with one attached hydrogen (secondary N) is 1. The lowest BCUT2D eigenvalue weighted by Crippen LogP contribution is -2.25. The molecule has 5 nitrogen and oxygen atoms in total. The fourth-order valence-electron chi connectivity index (χ4n) is 2.14. The Balaban J connectivity index is 1.95. The lowest BCUT2D eigenvalue weighted by molar-refractivity contribution is -0.121. The fourth-order valence-corrected chi connectivity index (χ4v) is 2.14. The van der Waals surface area contributed by atoms with Crippen LogP contribution < -0.4 is 5.32 Å². The standard InChI is InChI=1S/C11H20N4O/c12-15-14-9-3-8-13-11(16)7-6-10-4-1-2-5-10/h10H,1-9H2,(H,13,16). The van der Waals surface area contributed by atoms with Crippen molar-refractivity contribution >= 4 is 5.91 Å². The molecule has 0 heterocycles. The summed E-state index contributed by atoms with van der Waals surface area (Å²) in [5, 5.41) is 6.25. The number of nitrogens with zero attached hydrogens (tertiary/aromatic N) is 3. The van der Waals surface area contributed by atoms with Crippen LogP contribution in [0.1, 0.15) is 44.9 Å². The highest BCUT2D eigenvalue weighted by molar-refractivity contribution is 5.75. The van der Waals surface area contributed by atoms with E-state index in [1.54, 1.807) is 0 Å². The summed E-state index contributed by atoms with van der Waals surface area (Å²) in [5.74, 6) is 0.904. The minimum atomic E-state index is 0.132. The molecule has 0 aliphatic heterocycles. The van der Waals surface area contributed by atoms with Crippen LogP contribution >= 0.6 is 0 Å². The molecule has 5 heteroatoms. The number of rotatable bonds is 7. The molecule has 0 aromatic rings. The van der Waals surface area contributed by atoms with Gasteiger partial charge in [-0.1, -0.05) is 30.8 Å². The Morgan fingerprint density at radius 2 is 2.19 bits per heavy atom. The number of carbonyl (C=O) groups is 1. The van der Waals surface area contributed by atoms with Crippen LogP contribution in [0.2, 0.25) is 0 Å². The molecular weight excluding hydrogens is 204 g/mol. The molecule has 1 N–H and O–H groups in total. The molecule has 90 valence electrons. The molecule has 1 aliphatic rings. The van der Waals surface area contributed by atoms with Crippen LogP contribution in [0.25, 0.3) is 10.4 Å². The van der Waals surface area contributed by atoms with Crippen molar-refractivity contribution in [3.05, 3.63) is 10.4 Å². The summed E-state index contributed by atoms with van der Waals surface area (Å²) in [6.45, 7) is 1.07. The maximum atomic E-state index is 11.4. The fraction of sp³-hybridized carbons (Fsp3) is 0.909. The minimum Gasteiger partial charge on any atom is -0.356 e. The quantitative estimate of drug-likeness (QED) is 0.307. The van der Waals surface area contributed by atoms with Gasteiger partial charge in [-0.15, -0.1) is 0 Å². The van der Waals surface area contributed by atoms with Gasteiger partial charge in [-0.05, 0) is 24.3 Å². The Bertz CT molecular complexity index is 255. The predicted molar refractivity (Wildman–Crippen MR) is 62.8 cm³/mol. The first-order valence-corrected chi connectivity index (χ1v) is 6.10. The van der Waals surface area contributed by atoms with Crippen LogP contribution in [0.3, 0.4) is 0 Å². The zero-order valence-electron chi connectivity index (χ0n) is 9.69. The monoisotopic (exact) mass is 224 g/mol. The third-order valence-electron chi connectivity index (χ3n) is 3.07. The van der Waals surface area contributed by atoms with E-state index in [-0.39, 0.29) is 5.91 Å². The summed E-state index contributed by atoms with van der Waals surface area (Å²) >= 11 is 0. The van der Waals surface area contributed by atoms with Gasteiger partial charge in [-0.3, -0.25) is 4.79 Å². The van der Waals surface area contributed by atoms with Gasteiger partial charge < -0.3 is 5.32 Å². The average molecular weight is 224 g/mol. The molecule has 0 spiro atoms. The van der Waals surface area contributed by atoms with Crippen LogP contribution in [0.5, 0.6) is 0 Å². The second-order valence-corrected chi connectivity index (χ2v) is 4.35. The highest BCUT2D eigenvalue weighted by Crippen LogP contribution is 2.28. The smallest absolute Gasteiger partial charge is 0.220 e. The summed E-state index contributed by atoms with van der Waals surface area (Å²) in [7, 11) is 0. The molecule has 1 fully saturated rings. The Hall–Kier alpha value is -1.22. The van der Waals surface area contributed by atoms with Crippen molar-refractivity contribution in [2.75, 3.05) is 13.1 Å². The lowest BCUT2D eigenvalue weighted by atomic mass is 10.0. The third kappa shape index (κ3) is 5.61. The molecular formula is C11H20N4O. The summed E-state index contributed by atoms with van der Waals surface area (Å²) in [6.07, 6.45) is 7.65. The first-order valence-electron chi connectivity index (χ1n) is 6.10. The van der Waals surface area contributed by atoms with Crippen LogP contribution in [0, 0.1) is 5.92 Å². The number of hydrogen-bond donors (Lipinski definition) is 1. The van der Waals surface area contributed by atoms with Gasteiger partial charge in [0.1, 0.15) is 0 Å². The zero-order chi connectivity index (χ0) is 11.6. The molecule has 0 unspecified atom stereocenters. The SMILES string of the molecule is [N-]=[N+]=NCCCNC(=O)CCC1CCCC1. The molecule has 0 atom stereocenters. The van der Waals surface area contributed by atoms with Crippen molar-refractivity contribution in [1.29, 1.82) is 0 Å². The molecule has 1 rings (SSSR count). The molecule has 0 aromatic carbocycles. The molecule has 0 bridgehead atoms. The van der Waals surface area contributed by atoms with Crippen molar-refractivity contribution in [2.45, 2.75) is 44.9 Å². The third-order valence-corrected chi connectivity index (χ3v) is 3.07. The molecule has 1 amide bonds. The lowest BCUT2D eigenvalue weighted by Gasteiger charge is -2.08. The van der Waals surface area contributed by atoms with E-state index in [2.05, 4.69) is 15.3 Å². The Morgan fingerprint density at radius 1 is 1.44 bits per heavy atom. The van der Waals surface area contributed by atoms with E-state index in [0.717, 1.165) is 18.8 Å². The van der Waals surface area contributed by atoms with Gasteiger partial charge >= 0.3 is 0 Å². The van der Waals surface area contributed by atoms with Gasteiger partial charge in [0, 0.05) is 24.4 Å². The maximum absolute atomic E-state index is 11.4. The Labute approximate surface area is 96.2 Å². The Morgan fingerprint density at radius 3 is 2.88 bits per heavy atom. The molecule has 16 heavy (non-hydrogen) atoms. The average Bonchev–Trinajstić information content (AvgIpc) is 2.79. The van der Waals surface area contributed by atoms with E-state index in [0.29, 0.717) is 19.5 Å². The molecule has 1 aliphatic carbocycles. The van der Waals surface area contributed by atoms with Crippen LogP contribution in [-0.4, -0.2) is 19.0 Å². The van der Waals surface area contributed by atoms with Gasteiger partial charge in [0.2, 0.25) is 5.91 Å². The van der Waals surface area contributed by atoms with Crippen LogP contribution in [0.15, 0.2) is 5.11 Å². The summed E-state index contributed by atoms with van der Waals surface area (Å²) in [4.78, 5) is 14.1. The van der Waals surface area contributed by atoms with Gasteiger partial charge in [0.05, 0.1) is 0 Å². The van der Waals surface area contributed by atoms with Crippen molar-refractivity contribution in [2.24, 2.45) is 11.0 Å². The highest BCUT2D eigenvalue weighted by Gasteiger charge is 2.15. The van der Waals surface area contributed by atoms with Gasteiger partial charge in [-0.25, -0.2) is 0 Å². The molecule has 0 saturated heterocycles. The van der Waals surface area contributed by atoms with E-state index < -0.39 is 0 Å². The number of azide groups is 1. The molecule has 1 saturated carbocycles. The largest absolute Gasteiger partial charge is 0.356 e. The van der Waals surface area contributed by atoms with Crippen molar-refractivity contribution in [3.63, 3.8) is 0 Å². The minimum absolute atomic E-state index is 0.132. The van der Waals surface area contributed by atoms with Crippen LogP contribution in [-0.2, 0) is 4.79 Å². The van der Waals surface area contributed by atoms with Crippen molar-refractivity contribution in [1.82, 2.24) is 5.32 Å². The Kier molecular flexibility index (Phi) is 6.42. The second kappa shape index (κ2) is 7.99. The number of carbonyl (C=O) groups excluding carboxylic acids is 1. The van der Waals surface area contributed by atoms with E-state index in [1.165, 1.54) is 25.7 Å². The number of amides is 1. The molecule has 0 radical (unpaired) electrons. The first kappa shape index (κ1) is 12.8. The van der Waals surface area contributed by atoms with E-state index in [4.69, 9.17) is 5.53 Å². The predicted octanol–water partition coefficient (Wildman–Crippen LogP) is 2.77. The normalized spacial score (nSPS) is 15.8. The topological polar surface area (TPSA) is 77.9 Å². The van der Waals surface area contributed by atoms with Crippen LogP contribution in [0.4, 0.5) is 0 Å². The summed E-state index contributed by atoms with van der Waals surface area (Å²) < 4.78 is 0. The zero-order valence-corrected chi connectivity index (χ0v) is 9.69. The summed E-state index contributed by atoms with van der Waals surface area (Å²) in [5.41, 5.74) is 8.05.